The van der Waals surface area contributed by atoms with E-state index in [2.05, 4.69) is 47.5 Å². The number of halogens is 2. The number of pyridine rings is 1. The summed E-state index contributed by atoms with van der Waals surface area (Å²) in [4.78, 5) is 16.5. The quantitative estimate of drug-likeness (QED) is 0.814. The van der Waals surface area contributed by atoms with Gasteiger partial charge < -0.3 is 10.6 Å². The molecule has 0 radical (unpaired) electrons. The normalized spacial score (nSPS) is 10.2. The van der Waals surface area contributed by atoms with Crippen molar-refractivity contribution in [1.82, 2.24) is 4.98 Å². The number of aryl methyl sites for hydroxylation is 1. The van der Waals surface area contributed by atoms with Crippen molar-refractivity contribution in [3.63, 3.8) is 0 Å². The standard InChI is InChI=1S/C14H13Br2N3O/c1-8-5-9(15)3-4-12(8)19-14(20)11-6-10(16)7-18-13(11)17-2/h3-7H,1-2H3,(H,17,18)(H,19,20). The second-order valence-corrected chi connectivity index (χ2v) is 6.04. The summed E-state index contributed by atoms with van der Waals surface area (Å²) in [5.74, 6) is 0.342. The largest absolute Gasteiger partial charge is 0.372 e. The van der Waals surface area contributed by atoms with Crippen molar-refractivity contribution in [2.24, 2.45) is 0 Å². The summed E-state index contributed by atoms with van der Waals surface area (Å²) in [5.41, 5.74) is 2.26. The van der Waals surface area contributed by atoms with Gasteiger partial charge in [0.1, 0.15) is 5.82 Å². The topological polar surface area (TPSA) is 54.0 Å². The molecule has 4 nitrogen and oxygen atoms in total. The van der Waals surface area contributed by atoms with E-state index in [1.165, 1.54) is 0 Å². The Morgan fingerprint density at radius 3 is 2.60 bits per heavy atom. The van der Waals surface area contributed by atoms with Gasteiger partial charge in [0.2, 0.25) is 0 Å². The molecule has 0 aliphatic heterocycles. The van der Waals surface area contributed by atoms with Crippen LogP contribution in [0.3, 0.4) is 0 Å². The van der Waals surface area contributed by atoms with Crippen LogP contribution in [0.2, 0.25) is 0 Å². The van der Waals surface area contributed by atoms with Crippen LogP contribution in [-0.2, 0) is 0 Å². The molecule has 20 heavy (non-hydrogen) atoms. The van der Waals surface area contributed by atoms with Crippen molar-refractivity contribution >= 4 is 49.3 Å². The molecule has 1 heterocycles. The molecule has 1 aromatic heterocycles. The van der Waals surface area contributed by atoms with Crippen LogP contribution in [0.15, 0.2) is 39.4 Å². The van der Waals surface area contributed by atoms with Crippen LogP contribution >= 0.6 is 31.9 Å². The van der Waals surface area contributed by atoms with Gasteiger partial charge in [-0.05, 0) is 52.7 Å². The summed E-state index contributed by atoms with van der Waals surface area (Å²) in [6.07, 6.45) is 1.65. The number of amides is 1. The maximum Gasteiger partial charge on any atom is 0.259 e. The fourth-order valence-corrected chi connectivity index (χ4v) is 2.58. The molecule has 0 spiro atoms. The van der Waals surface area contributed by atoms with Gasteiger partial charge in [0, 0.05) is 27.9 Å². The average molecular weight is 399 g/mol. The summed E-state index contributed by atoms with van der Waals surface area (Å²) >= 11 is 6.73. The first-order valence-corrected chi connectivity index (χ1v) is 7.50. The molecule has 1 aromatic carbocycles. The zero-order chi connectivity index (χ0) is 14.7. The molecule has 0 unspecified atom stereocenters. The average Bonchev–Trinajstić information content (AvgIpc) is 2.41. The molecule has 0 aliphatic carbocycles. The van der Waals surface area contributed by atoms with Gasteiger partial charge in [0.05, 0.1) is 5.56 Å². The number of nitrogens with one attached hydrogen (secondary N) is 2. The van der Waals surface area contributed by atoms with Gasteiger partial charge in [0.15, 0.2) is 0 Å². The van der Waals surface area contributed by atoms with E-state index in [0.29, 0.717) is 11.4 Å². The van der Waals surface area contributed by atoms with E-state index in [0.717, 1.165) is 20.2 Å². The molecule has 0 saturated carbocycles. The molecule has 2 N–H and O–H groups in total. The van der Waals surface area contributed by atoms with Gasteiger partial charge in [-0.2, -0.15) is 0 Å². The minimum absolute atomic E-state index is 0.200. The first-order valence-electron chi connectivity index (χ1n) is 5.92. The highest BCUT2D eigenvalue weighted by Crippen LogP contribution is 2.23. The molecule has 1 amide bonds. The minimum atomic E-state index is -0.200. The van der Waals surface area contributed by atoms with Gasteiger partial charge in [-0.25, -0.2) is 4.98 Å². The number of hydrogen-bond acceptors (Lipinski definition) is 3. The summed E-state index contributed by atoms with van der Waals surface area (Å²) in [6.45, 7) is 1.94. The van der Waals surface area contributed by atoms with E-state index in [4.69, 9.17) is 0 Å². The third-order valence-corrected chi connectivity index (χ3v) is 3.70. The Morgan fingerprint density at radius 2 is 1.95 bits per heavy atom. The lowest BCUT2D eigenvalue weighted by molar-refractivity contribution is 0.102. The van der Waals surface area contributed by atoms with E-state index < -0.39 is 0 Å². The lowest BCUT2D eigenvalue weighted by Crippen LogP contribution is -2.15. The van der Waals surface area contributed by atoms with Crippen molar-refractivity contribution in [2.75, 3.05) is 17.7 Å². The van der Waals surface area contributed by atoms with Crippen molar-refractivity contribution in [3.8, 4) is 0 Å². The third kappa shape index (κ3) is 3.37. The molecule has 0 bridgehead atoms. The van der Waals surface area contributed by atoms with Gasteiger partial charge in [-0.1, -0.05) is 15.9 Å². The number of rotatable bonds is 3. The molecule has 0 fully saturated rings. The Balaban J connectivity index is 2.30. The van der Waals surface area contributed by atoms with E-state index in [1.807, 2.05) is 25.1 Å². The number of nitrogens with zero attached hydrogens (tertiary/aromatic N) is 1. The van der Waals surface area contributed by atoms with Crippen molar-refractivity contribution in [1.29, 1.82) is 0 Å². The van der Waals surface area contributed by atoms with Crippen LogP contribution in [0.5, 0.6) is 0 Å². The fourth-order valence-electron chi connectivity index (χ4n) is 1.77. The SMILES string of the molecule is CNc1ncc(Br)cc1C(=O)Nc1ccc(Br)cc1C. The Morgan fingerprint density at radius 1 is 1.20 bits per heavy atom. The molecule has 104 valence electrons. The summed E-state index contributed by atoms with van der Waals surface area (Å²) in [5, 5.41) is 5.81. The van der Waals surface area contributed by atoms with E-state index in [1.54, 1.807) is 19.3 Å². The monoisotopic (exact) mass is 397 g/mol. The first-order chi connectivity index (χ1) is 9.51. The van der Waals surface area contributed by atoms with E-state index in [9.17, 15) is 4.79 Å². The van der Waals surface area contributed by atoms with Crippen LogP contribution in [0, 0.1) is 6.92 Å². The van der Waals surface area contributed by atoms with Crippen LogP contribution in [-0.4, -0.2) is 17.9 Å². The van der Waals surface area contributed by atoms with Gasteiger partial charge in [0.25, 0.3) is 5.91 Å². The molecule has 6 heteroatoms. The summed E-state index contributed by atoms with van der Waals surface area (Å²) in [7, 11) is 1.73. The molecular formula is C14H13Br2N3O. The Hall–Kier alpha value is -1.40. The maximum absolute atomic E-state index is 12.4. The van der Waals surface area contributed by atoms with E-state index in [-0.39, 0.29) is 5.91 Å². The Kier molecular flexibility index (Phi) is 4.77. The number of hydrogen-bond donors (Lipinski definition) is 2. The number of benzene rings is 1. The third-order valence-electron chi connectivity index (χ3n) is 2.77. The van der Waals surface area contributed by atoms with Crippen LogP contribution < -0.4 is 10.6 Å². The van der Waals surface area contributed by atoms with Crippen molar-refractivity contribution in [3.05, 3.63) is 50.5 Å². The fraction of sp³-hybridized carbons (Fsp3) is 0.143. The number of aromatic nitrogens is 1. The van der Waals surface area contributed by atoms with Gasteiger partial charge >= 0.3 is 0 Å². The first kappa shape index (κ1) is 15.0. The zero-order valence-electron chi connectivity index (χ0n) is 11.0. The second kappa shape index (κ2) is 6.37. The molecule has 2 aromatic rings. The zero-order valence-corrected chi connectivity index (χ0v) is 14.2. The lowest BCUT2D eigenvalue weighted by atomic mass is 10.2. The highest BCUT2D eigenvalue weighted by molar-refractivity contribution is 9.10. The molecule has 0 atom stereocenters. The predicted molar refractivity (Wildman–Crippen MR) is 88.3 cm³/mol. The number of carbonyl (C=O) groups excluding carboxylic acids is 1. The van der Waals surface area contributed by atoms with E-state index >= 15 is 0 Å². The molecule has 2 rings (SSSR count). The van der Waals surface area contributed by atoms with Crippen molar-refractivity contribution in [2.45, 2.75) is 6.92 Å². The Labute approximate surface area is 134 Å². The molecular weight excluding hydrogens is 386 g/mol. The summed E-state index contributed by atoms with van der Waals surface area (Å²) < 4.78 is 1.74. The van der Waals surface area contributed by atoms with Crippen LogP contribution in [0.25, 0.3) is 0 Å². The van der Waals surface area contributed by atoms with Crippen LogP contribution in [0.4, 0.5) is 11.5 Å². The predicted octanol–water partition coefficient (Wildman–Crippen LogP) is 4.21. The highest BCUT2D eigenvalue weighted by atomic mass is 79.9. The molecule has 0 aliphatic rings. The van der Waals surface area contributed by atoms with Gasteiger partial charge in [-0.15, -0.1) is 0 Å². The number of carbonyl (C=O) groups is 1. The summed E-state index contributed by atoms with van der Waals surface area (Å²) in [6, 6.07) is 7.44. The van der Waals surface area contributed by atoms with Crippen molar-refractivity contribution < 1.29 is 4.79 Å². The highest BCUT2D eigenvalue weighted by Gasteiger charge is 2.13. The smallest absolute Gasteiger partial charge is 0.259 e. The lowest BCUT2D eigenvalue weighted by Gasteiger charge is -2.11. The van der Waals surface area contributed by atoms with Gasteiger partial charge in [-0.3, -0.25) is 4.79 Å². The Bertz CT molecular complexity index is 659. The second-order valence-electron chi connectivity index (χ2n) is 4.21. The maximum atomic E-state index is 12.4. The number of anilines is 2. The minimum Gasteiger partial charge on any atom is -0.372 e. The molecule has 0 saturated heterocycles. The van der Waals surface area contributed by atoms with Crippen LogP contribution in [0.1, 0.15) is 15.9 Å².